The predicted octanol–water partition coefficient (Wildman–Crippen LogP) is 2.24. The largest absolute Gasteiger partial charge is 0.385 e. The van der Waals surface area contributed by atoms with Crippen molar-refractivity contribution < 1.29 is 8.42 Å². The highest BCUT2D eigenvalue weighted by Gasteiger charge is 2.15. The van der Waals surface area contributed by atoms with Gasteiger partial charge in [-0.25, -0.2) is 13.6 Å². The predicted molar refractivity (Wildman–Crippen MR) is 73.0 cm³/mol. The van der Waals surface area contributed by atoms with Gasteiger partial charge in [-0.3, -0.25) is 0 Å². The van der Waals surface area contributed by atoms with E-state index in [2.05, 4.69) is 5.32 Å². The zero-order valence-corrected chi connectivity index (χ0v) is 11.5. The van der Waals surface area contributed by atoms with E-state index in [0.29, 0.717) is 11.5 Å². The molecule has 0 atom stereocenters. The number of aryl methyl sites for hydroxylation is 1. The Morgan fingerprint density at radius 1 is 1.33 bits per heavy atom. The van der Waals surface area contributed by atoms with E-state index < -0.39 is 10.0 Å². The lowest BCUT2D eigenvalue weighted by atomic mass is 10.1. The Balaban J connectivity index is 2.09. The van der Waals surface area contributed by atoms with E-state index in [1.165, 1.54) is 25.7 Å². The molecule has 100 valence electrons. The van der Waals surface area contributed by atoms with E-state index in [9.17, 15) is 8.42 Å². The summed E-state index contributed by atoms with van der Waals surface area (Å²) in [5.74, 6) is 0.712. The van der Waals surface area contributed by atoms with Crippen molar-refractivity contribution >= 4 is 15.7 Å². The summed E-state index contributed by atoms with van der Waals surface area (Å²) in [5, 5.41) is 8.50. The van der Waals surface area contributed by atoms with Crippen LogP contribution in [-0.4, -0.2) is 15.0 Å². The topological polar surface area (TPSA) is 72.2 Å². The highest BCUT2D eigenvalue weighted by molar-refractivity contribution is 7.89. The number of hydrogen-bond acceptors (Lipinski definition) is 3. The zero-order chi connectivity index (χ0) is 13.2. The molecule has 1 aromatic rings. The summed E-state index contributed by atoms with van der Waals surface area (Å²) in [6.45, 7) is 2.66. The van der Waals surface area contributed by atoms with Crippen LogP contribution in [0.1, 0.15) is 31.2 Å². The van der Waals surface area contributed by atoms with Gasteiger partial charge in [-0.2, -0.15) is 0 Å². The summed E-state index contributed by atoms with van der Waals surface area (Å²) in [6, 6.07) is 5.31. The molecule has 3 N–H and O–H groups in total. The van der Waals surface area contributed by atoms with E-state index in [1.807, 2.05) is 6.07 Å². The molecular formula is C13H20N2O2S. The van der Waals surface area contributed by atoms with Crippen molar-refractivity contribution in [1.29, 1.82) is 0 Å². The lowest BCUT2D eigenvalue weighted by molar-refractivity contribution is 0.579. The number of benzene rings is 1. The van der Waals surface area contributed by atoms with Gasteiger partial charge in [-0.15, -0.1) is 0 Å². The molecule has 1 aromatic carbocycles. The molecule has 0 radical (unpaired) electrons. The van der Waals surface area contributed by atoms with Crippen LogP contribution in [0.25, 0.3) is 0 Å². The molecule has 0 aromatic heterocycles. The van der Waals surface area contributed by atoms with Gasteiger partial charge in [0.2, 0.25) is 10.0 Å². The molecule has 0 unspecified atom stereocenters. The molecule has 0 saturated heterocycles. The summed E-state index contributed by atoms with van der Waals surface area (Å²) in [6.07, 6.45) is 5.15. The van der Waals surface area contributed by atoms with Gasteiger partial charge >= 0.3 is 0 Å². The number of sulfonamides is 1. The smallest absolute Gasteiger partial charge is 0.238 e. The summed E-state index contributed by atoms with van der Waals surface area (Å²) in [4.78, 5) is 0.207. The average Bonchev–Trinajstić information content (AvgIpc) is 2.79. The second-order valence-corrected chi connectivity index (χ2v) is 6.59. The molecule has 4 nitrogen and oxygen atoms in total. The fraction of sp³-hybridized carbons (Fsp3) is 0.538. The van der Waals surface area contributed by atoms with Crippen molar-refractivity contribution in [1.82, 2.24) is 0 Å². The molecule has 0 heterocycles. The molecule has 0 amide bonds. The van der Waals surface area contributed by atoms with E-state index in [0.717, 1.165) is 12.2 Å². The maximum Gasteiger partial charge on any atom is 0.238 e. The molecular weight excluding hydrogens is 248 g/mol. The Morgan fingerprint density at radius 3 is 2.61 bits per heavy atom. The Bertz CT molecular complexity index is 520. The maximum absolute atomic E-state index is 11.4. The number of nitrogens with two attached hydrogens (primary N) is 1. The van der Waals surface area contributed by atoms with Crippen molar-refractivity contribution in [2.24, 2.45) is 11.1 Å². The molecule has 0 aliphatic heterocycles. The minimum absolute atomic E-state index is 0.207. The van der Waals surface area contributed by atoms with Crippen molar-refractivity contribution in [3.63, 3.8) is 0 Å². The second-order valence-electron chi connectivity index (χ2n) is 5.06. The van der Waals surface area contributed by atoms with Gasteiger partial charge in [0.05, 0.1) is 4.90 Å². The highest BCUT2D eigenvalue weighted by Crippen LogP contribution is 2.25. The summed E-state index contributed by atoms with van der Waals surface area (Å²) < 4.78 is 22.8. The quantitative estimate of drug-likeness (QED) is 0.879. The first kappa shape index (κ1) is 13.4. The third-order valence-corrected chi connectivity index (χ3v) is 4.62. The average molecular weight is 268 g/mol. The Hall–Kier alpha value is -1.07. The number of nitrogens with one attached hydrogen (secondary N) is 1. The fourth-order valence-corrected chi connectivity index (χ4v) is 3.30. The van der Waals surface area contributed by atoms with Crippen LogP contribution in [-0.2, 0) is 10.0 Å². The molecule has 5 heteroatoms. The van der Waals surface area contributed by atoms with Crippen molar-refractivity contribution in [3.05, 3.63) is 23.8 Å². The Kier molecular flexibility index (Phi) is 3.92. The van der Waals surface area contributed by atoms with E-state index in [1.54, 1.807) is 19.1 Å². The van der Waals surface area contributed by atoms with Gasteiger partial charge in [0.25, 0.3) is 0 Å². The van der Waals surface area contributed by atoms with Gasteiger partial charge in [0.15, 0.2) is 0 Å². The highest BCUT2D eigenvalue weighted by atomic mass is 32.2. The lowest BCUT2D eigenvalue weighted by Gasteiger charge is -2.13. The third-order valence-electron chi connectivity index (χ3n) is 3.56. The van der Waals surface area contributed by atoms with Gasteiger partial charge in [0, 0.05) is 12.2 Å². The second kappa shape index (κ2) is 5.28. The monoisotopic (exact) mass is 268 g/mol. The van der Waals surface area contributed by atoms with Gasteiger partial charge in [-0.05, 0) is 43.4 Å². The minimum Gasteiger partial charge on any atom is -0.385 e. The maximum atomic E-state index is 11.4. The first-order valence-corrected chi connectivity index (χ1v) is 7.89. The van der Waals surface area contributed by atoms with Gasteiger partial charge < -0.3 is 5.32 Å². The number of primary sulfonamides is 1. The van der Waals surface area contributed by atoms with Crippen LogP contribution in [0.4, 0.5) is 5.69 Å². The molecule has 0 bridgehead atoms. The van der Waals surface area contributed by atoms with E-state index in [4.69, 9.17) is 5.14 Å². The van der Waals surface area contributed by atoms with Crippen molar-refractivity contribution in [2.45, 2.75) is 37.5 Å². The molecule has 1 aliphatic carbocycles. The number of rotatable bonds is 4. The first-order chi connectivity index (χ1) is 8.47. The van der Waals surface area contributed by atoms with Crippen molar-refractivity contribution in [3.8, 4) is 0 Å². The third kappa shape index (κ3) is 3.23. The number of anilines is 1. The van der Waals surface area contributed by atoms with E-state index in [-0.39, 0.29) is 4.90 Å². The van der Waals surface area contributed by atoms with Crippen LogP contribution in [0.15, 0.2) is 23.1 Å². The standard InChI is InChI=1S/C13H20N2O2S/c1-10-6-7-12(8-13(10)18(14,16)17)15-9-11-4-2-3-5-11/h6-8,11,15H,2-5,9H2,1H3,(H2,14,16,17). The molecule has 0 spiro atoms. The van der Waals surface area contributed by atoms with Crippen LogP contribution in [0, 0.1) is 12.8 Å². The van der Waals surface area contributed by atoms with Gasteiger partial charge in [-0.1, -0.05) is 18.9 Å². The molecule has 2 rings (SSSR count). The summed E-state index contributed by atoms with van der Waals surface area (Å²) in [5.41, 5.74) is 1.51. The van der Waals surface area contributed by atoms with Crippen molar-refractivity contribution in [2.75, 3.05) is 11.9 Å². The Labute approximate surface area is 109 Å². The van der Waals surface area contributed by atoms with Crippen LogP contribution in [0.3, 0.4) is 0 Å². The first-order valence-electron chi connectivity index (χ1n) is 6.34. The van der Waals surface area contributed by atoms with Crippen LogP contribution in [0.5, 0.6) is 0 Å². The molecule has 1 saturated carbocycles. The van der Waals surface area contributed by atoms with Crippen LogP contribution < -0.4 is 10.5 Å². The normalized spacial score (nSPS) is 17.0. The van der Waals surface area contributed by atoms with Gasteiger partial charge in [0.1, 0.15) is 0 Å². The molecule has 1 aliphatic rings. The summed E-state index contributed by atoms with van der Waals surface area (Å²) >= 11 is 0. The number of hydrogen-bond donors (Lipinski definition) is 2. The Morgan fingerprint density at radius 2 is 2.00 bits per heavy atom. The minimum atomic E-state index is -3.63. The fourth-order valence-electron chi connectivity index (χ4n) is 2.49. The molecule has 1 fully saturated rings. The molecule has 18 heavy (non-hydrogen) atoms. The summed E-state index contributed by atoms with van der Waals surface area (Å²) in [7, 11) is -3.63. The van der Waals surface area contributed by atoms with Crippen LogP contribution >= 0.6 is 0 Å². The SMILES string of the molecule is Cc1ccc(NCC2CCCC2)cc1S(N)(=O)=O. The van der Waals surface area contributed by atoms with Crippen LogP contribution in [0.2, 0.25) is 0 Å². The van der Waals surface area contributed by atoms with E-state index >= 15 is 0 Å². The lowest BCUT2D eigenvalue weighted by Crippen LogP contribution is -2.15. The zero-order valence-electron chi connectivity index (χ0n) is 10.6.